The Labute approximate surface area is 167 Å². The van der Waals surface area contributed by atoms with E-state index in [4.69, 9.17) is 9.72 Å². The number of carbonyl (C=O) groups excluding carboxylic acids is 1. The second-order valence-corrected chi connectivity index (χ2v) is 9.17. The maximum absolute atomic E-state index is 12.1. The zero-order valence-electron chi connectivity index (χ0n) is 15.5. The van der Waals surface area contributed by atoms with Gasteiger partial charge in [0.15, 0.2) is 10.8 Å². The number of ether oxygens (including phenoxy) is 1. The first-order valence-corrected chi connectivity index (χ1v) is 11.4. The van der Waals surface area contributed by atoms with E-state index in [0.29, 0.717) is 12.3 Å². The normalized spacial score (nSPS) is 21.1. The van der Waals surface area contributed by atoms with Gasteiger partial charge in [-0.15, -0.1) is 0 Å². The number of anilines is 1. The number of thiazole rings is 1. The Morgan fingerprint density at radius 1 is 1.37 bits per heavy atom. The lowest BCUT2D eigenvalue weighted by molar-refractivity contribution is -0.119. The molecule has 4 rings (SSSR count). The summed E-state index contributed by atoms with van der Waals surface area (Å²) < 4.78 is 6.51. The summed E-state index contributed by atoms with van der Waals surface area (Å²) in [6.45, 7) is 5.79. The first-order valence-electron chi connectivity index (χ1n) is 9.56. The molecule has 27 heavy (non-hydrogen) atoms. The predicted molar refractivity (Wildman–Crippen MR) is 109 cm³/mol. The van der Waals surface area contributed by atoms with Gasteiger partial charge in [-0.1, -0.05) is 30.0 Å². The number of aromatic nitrogens is 3. The summed E-state index contributed by atoms with van der Waals surface area (Å²) in [7, 11) is 0. The second-order valence-electron chi connectivity index (χ2n) is 7.23. The third-order valence-corrected chi connectivity index (χ3v) is 7.32. The topological polar surface area (TPSA) is 80.2 Å². The molecule has 0 spiro atoms. The zero-order valence-corrected chi connectivity index (χ0v) is 17.2. The quantitative estimate of drug-likeness (QED) is 0.582. The van der Waals surface area contributed by atoms with Crippen LogP contribution in [0.3, 0.4) is 0 Å². The number of piperidine rings is 1. The Morgan fingerprint density at radius 3 is 3.00 bits per heavy atom. The van der Waals surface area contributed by atoms with Gasteiger partial charge in [0.05, 0.1) is 11.9 Å². The Bertz CT molecular complexity index is 785. The molecular formula is C18H25N5O2S2. The fourth-order valence-electron chi connectivity index (χ4n) is 3.38. The zero-order chi connectivity index (χ0) is 18.6. The van der Waals surface area contributed by atoms with Gasteiger partial charge in [-0.3, -0.25) is 4.79 Å². The molecule has 0 radical (unpaired) electrons. The second kappa shape index (κ2) is 8.70. The molecule has 9 heteroatoms. The van der Waals surface area contributed by atoms with Gasteiger partial charge < -0.3 is 15.0 Å². The Kier molecular flexibility index (Phi) is 6.09. The van der Waals surface area contributed by atoms with E-state index in [9.17, 15) is 4.79 Å². The summed E-state index contributed by atoms with van der Waals surface area (Å²) in [5, 5.41) is 4.81. The highest BCUT2D eigenvalue weighted by atomic mass is 32.2. The molecule has 1 unspecified atom stereocenters. The fourth-order valence-corrected chi connectivity index (χ4v) is 5.35. The summed E-state index contributed by atoms with van der Waals surface area (Å²) in [5.41, 5.74) is 0.728. The van der Waals surface area contributed by atoms with Gasteiger partial charge in [-0.25, -0.2) is 9.97 Å². The van der Waals surface area contributed by atoms with E-state index in [1.165, 1.54) is 30.9 Å². The lowest BCUT2D eigenvalue weighted by Crippen LogP contribution is -2.32. The number of hydrogen-bond donors (Lipinski definition) is 1. The van der Waals surface area contributed by atoms with E-state index >= 15 is 0 Å². The van der Waals surface area contributed by atoms with Gasteiger partial charge in [-0.2, -0.15) is 4.98 Å². The minimum Gasteiger partial charge on any atom is -0.376 e. The van der Waals surface area contributed by atoms with E-state index in [2.05, 4.69) is 27.1 Å². The van der Waals surface area contributed by atoms with Crippen molar-refractivity contribution in [1.29, 1.82) is 0 Å². The van der Waals surface area contributed by atoms with Crippen molar-refractivity contribution in [1.82, 2.24) is 20.3 Å². The van der Waals surface area contributed by atoms with Gasteiger partial charge in [0.2, 0.25) is 5.91 Å². The fraction of sp³-hybridized carbons (Fsp3) is 0.667. The van der Waals surface area contributed by atoms with Crippen molar-refractivity contribution in [2.24, 2.45) is 5.92 Å². The standard InChI is InChI=1S/C18H25N5O2S2/c1-12-4-6-23(7-5-12)18-22-16-15(27-18)17(21-11-20-16)26-10-14(24)19-9-13-3-2-8-25-13/h11-13H,2-10H2,1H3,(H,19,24). The lowest BCUT2D eigenvalue weighted by atomic mass is 10.00. The van der Waals surface area contributed by atoms with Crippen molar-refractivity contribution in [3.05, 3.63) is 6.33 Å². The summed E-state index contributed by atoms with van der Waals surface area (Å²) in [5.74, 6) is 1.14. The average Bonchev–Trinajstić information content (AvgIpc) is 3.35. The highest BCUT2D eigenvalue weighted by Gasteiger charge is 2.21. The molecule has 1 atom stereocenters. The van der Waals surface area contributed by atoms with Crippen LogP contribution in [-0.2, 0) is 9.53 Å². The van der Waals surface area contributed by atoms with Gasteiger partial charge in [0.25, 0.3) is 0 Å². The molecule has 0 aromatic carbocycles. The van der Waals surface area contributed by atoms with Crippen molar-refractivity contribution in [2.45, 2.75) is 43.7 Å². The van der Waals surface area contributed by atoms with E-state index in [0.717, 1.165) is 59.0 Å². The van der Waals surface area contributed by atoms with Gasteiger partial charge in [0.1, 0.15) is 16.1 Å². The van der Waals surface area contributed by atoms with Crippen LogP contribution in [0.25, 0.3) is 10.3 Å². The molecule has 2 fully saturated rings. The Hall–Kier alpha value is -1.45. The van der Waals surface area contributed by atoms with Crippen LogP contribution >= 0.6 is 23.1 Å². The van der Waals surface area contributed by atoms with Crippen molar-refractivity contribution in [2.75, 3.05) is 36.9 Å². The third-order valence-electron chi connectivity index (χ3n) is 5.09. The minimum atomic E-state index is 0.0111. The Balaban J connectivity index is 1.37. The highest BCUT2D eigenvalue weighted by molar-refractivity contribution is 8.00. The van der Waals surface area contributed by atoms with Crippen LogP contribution in [0, 0.1) is 5.92 Å². The predicted octanol–water partition coefficient (Wildman–Crippen LogP) is 2.71. The molecule has 1 amide bonds. The monoisotopic (exact) mass is 407 g/mol. The van der Waals surface area contributed by atoms with Crippen LogP contribution in [0.2, 0.25) is 0 Å². The molecule has 7 nitrogen and oxygen atoms in total. The number of nitrogens with one attached hydrogen (secondary N) is 1. The van der Waals surface area contributed by atoms with Crippen LogP contribution in [-0.4, -0.2) is 59.0 Å². The molecule has 0 saturated carbocycles. The van der Waals surface area contributed by atoms with E-state index < -0.39 is 0 Å². The van der Waals surface area contributed by atoms with E-state index in [1.54, 1.807) is 11.3 Å². The summed E-state index contributed by atoms with van der Waals surface area (Å²) in [6.07, 6.45) is 6.22. The SMILES string of the molecule is CC1CCN(c2nc3ncnc(SCC(=O)NCC4CCCO4)c3s2)CC1. The molecule has 4 heterocycles. The van der Waals surface area contributed by atoms with E-state index in [1.807, 2.05) is 0 Å². The average molecular weight is 408 g/mol. The summed E-state index contributed by atoms with van der Waals surface area (Å²) in [6, 6.07) is 0. The molecule has 2 aromatic rings. The van der Waals surface area contributed by atoms with Gasteiger partial charge in [-0.05, 0) is 31.6 Å². The molecule has 2 saturated heterocycles. The molecule has 2 aliphatic heterocycles. The maximum Gasteiger partial charge on any atom is 0.230 e. The molecule has 0 aliphatic carbocycles. The Morgan fingerprint density at radius 2 is 2.22 bits per heavy atom. The summed E-state index contributed by atoms with van der Waals surface area (Å²) >= 11 is 3.08. The first-order chi connectivity index (χ1) is 13.2. The largest absolute Gasteiger partial charge is 0.376 e. The van der Waals surface area contributed by atoms with Crippen LogP contribution in [0.4, 0.5) is 5.13 Å². The van der Waals surface area contributed by atoms with Crippen molar-refractivity contribution in [3.8, 4) is 0 Å². The molecule has 0 bridgehead atoms. The minimum absolute atomic E-state index is 0.0111. The number of thioether (sulfide) groups is 1. The number of rotatable bonds is 6. The number of fused-ring (bicyclic) bond motifs is 1. The maximum atomic E-state index is 12.1. The van der Waals surface area contributed by atoms with E-state index in [-0.39, 0.29) is 12.0 Å². The summed E-state index contributed by atoms with van der Waals surface area (Å²) in [4.78, 5) is 27.9. The first kappa shape index (κ1) is 18.9. The van der Waals surface area contributed by atoms with Crippen molar-refractivity contribution >= 4 is 44.5 Å². The van der Waals surface area contributed by atoms with Gasteiger partial charge >= 0.3 is 0 Å². The van der Waals surface area contributed by atoms with Crippen molar-refractivity contribution in [3.63, 3.8) is 0 Å². The molecule has 146 valence electrons. The number of carbonyl (C=O) groups is 1. The molecule has 1 N–H and O–H groups in total. The van der Waals surface area contributed by atoms with Crippen LogP contribution in [0.15, 0.2) is 11.4 Å². The third kappa shape index (κ3) is 4.70. The number of amides is 1. The molecule has 2 aliphatic rings. The number of hydrogen-bond acceptors (Lipinski definition) is 8. The lowest BCUT2D eigenvalue weighted by Gasteiger charge is -2.29. The van der Waals surface area contributed by atoms with Crippen molar-refractivity contribution < 1.29 is 9.53 Å². The van der Waals surface area contributed by atoms with Gasteiger partial charge in [0, 0.05) is 26.2 Å². The highest BCUT2D eigenvalue weighted by Crippen LogP contribution is 2.35. The molecular weight excluding hydrogens is 382 g/mol. The van der Waals surface area contributed by atoms with Crippen LogP contribution in [0.5, 0.6) is 0 Å². The van der Waals surface area contributed by atoms with Crippen LogP contribution in [0.1, 0.15) is 32.6 Å². The number of nitrogens with zero attached hydrogens (tertiary/aromatic N) is 4. The smallest absolute Gasteiger partial charge is 0.230 e. The van der Waals surface area contributed by atoms with Crippen LogP contribution < -0.4 is 10.2 Å². The molecule has 2 aromatic heterocycles.